The largest absolute Gasteiger partial charge is 0.462 e. The minimum atomic E-state index is -0.819. The number of allylic oxidation sites excluding steroid dienone is 22. The van der Waals surface area contributed by atoms with Crippen LogP contribution in [-0.4, -0.2) is 37.2 Å². The zero-order valence-corrected chi connectivity index (χ0v) is 54.2. The van der Waals surface area contributed by atoms with Crippen molar-refractivity contribution in [2.45, 2.75) is 322 Å². The van der Waals surface area contributed by atoms with Crippen LogP contribution < -0.4 is 0 Å². The average Bonchev–Trinajstić information content (AvgIpc) is 3.49. The Bertz CT molecular complexity index is 1750. The molecule has 0 radical (unpaired) electrons. The molecule has 1 atom stereocenters. The summed E-state index contributed by atoms with van der Waals surface area (Å²) in [7, 11) is 0. The standard InChI is InChI=1S/C77H128O6/c1-4-7-10-13-16-19-22-25-28-31-33-35-37-38-40-41-43-46-49-52-55-58-61-64-67-70-76(79)82-73-74(72-81-75(78)69-66-63-60-57-54-51-48-45-30-27-24-21-18-15-12-9-6-3)83-77(80)71-68-65-62-59-56-53-50-47-44-42-39-36-34-32-29-26-23-20-17-14-11-8-5-2/h8,11,17,20,22,25-27,29-31,33-34,36-38,42,44,50,53,59,62,74H,4-7,9-10,12-16,18-19,21,23-24,28,32,35,39-41,43,45-49,51-52,54-58,60-61,63-73H2,1-3H3/b11-8-,20-17-,25-22-,29-26-,30-27-,33-31-,36-34-,38-37-,44-42-,53-50-,62-59-. The highest BCUT2D eigenvalue weighted by atomic mass is 16.6. The van der Waals surface area contributed by atoms with E-state index >= 15 is 0 Å². The highest BCUT2D eigenvalue weighted by Crippen LogP contribution is 2.15. The third-order valence-corrected chi connectivity index (χ3v) is 14.6. The lowest BCUT2D eigenvalue weighted by Gasteiger charge is -2.18. The molecule has 0 amide bonds. The molecule has 6 nitrogen and oxygen atoms in total. The van der Waals surface area contributed by atoms with Gasteiger partial charge in [0.1, 0.15) is 13.2 Å². The smallest absolute Gasteiger partial charge is 0.306 e. The Morgan fingerprint density at radius 2 is 0.482 bits per heavy atom. The van der Waals surface area contributed by atoms with E-state index in [9.17, 15) is 14.4 Å². The van der Waals surface area contributed by atoms with Gasteiger partial charge in [0.2, 0.25) is 0 Å². The van der Waals surface area contributed by atoms with Gasteiger partial charge in [-0.25, -0.2) is 0 Å². The molecule has 0 saturated heterocycles. The van der Waals surface area contributed by atoms with Crippen molar-refractivity contribution in [2.75, 3.05) is 13.2 Å². The first-order valence-electron chi connectivity index (χ1n) is 34.7. The van der Waals surface area contributed by atoms with Crippen molar-refractivity contribution in [3.8, 4) is 0 Å². The van der Waals surface area contributed by atoms with Crippen LogP contribution >= 0.6 is 0 Å². The Morgan fingerprint density at radius 3 is 0.783 bits per heavy atom. The van der Waals surface area contributed by atoms with Crippen LogP contribution in [0.1, 0.15) is 316 Å². The maximum atomic E-state index is 12.9. The first kappa shape index (κ1) is 78.5. The molecule has 0 spiro atoms. The van der Waals surface area contributed by atoms with Gasteiger partial charge >= 0.3 is 17.9 Å². The third kappa shape index (κ3) is 68.2. The van der Waals surface area contributed by atoms with Crippen LogP contribution in [-0.2, 0) is 28.6 Å². The molecule has 0 heterocycles. The van der Waals surface area contributed by atoms with Crippen molar-refractivity contribution < 1.29 is 28.6 Å². The number of hydrogen-bond acceptors (Lipinski definition) is 6. The molecular weight excluding hydrogens is 1020 g/mol. The summed E-state index contributed by atoms with van der Waals surface area (Å²) < 4.78 is 16.9. The fraction of sp³-hybridized carbons (Fsp3) is 0.675. The molecule has 0 bridgehead atoms. The van der Waals surface area contributed by atoms with Gasteiger partial charge < -0.3 is 14.2 Å². The van der Waals surface area contributed by atoms with Crippen LogP contribution in [0.3, 0.4) is 0 Å². The summed E-state index contributed by atoms with van der Waals surface area (Å²) in [6.07, 6.45) is 99.0. The number of ether oxygens (including phenoxy) is 3. The Balaban J connectivity index is 4.48. The molecule has 0 saturated carbocycles. The molecule has 0 aromatic rings. The number of carbonyl (C=O) groups excluding carboxylic acids is 3. The van der Waals surface area contributed by atoms with Crippen LogP contribution in [0.25, 0.3) is 0 Å². The monoisotopic (exact) mass is 1150 g/mol. The van der Waals surface area contributed by atoms with Gasteiger partial charge in [-0.05, 0) is 135 Å². The zero-order valence-electron chi connectivity index (χ0n) is 54.2. The maximum Gasteiger partial charge on any atom is 0.306 e. The predicted octanol–water partition coefficient (Wildman–Crippen LogP) is 24.1. The maximum absolute atomic E-state index is 12.9. The molecule has 0 fully saturated rings. The van der Waals surface area contributed by atoms with Gasteiger partial charge in [-0.15, -0.1) is 0 Å². The van der Waals surface area contributed by atoms with Crippen molar-refractivity contribution in [3.05, 3.63) is 134 Å². The normalized spacial score (nSPS) is 13.0. The molecule has 6 heteroatoms. The van der Waals surface area contributed by atoms with E-state index in [0.717, 1.165) is 103 Å². The number of hydrogen-bond donors (Lipinski definition) is 0. The van der Waals surface area contributed by atoms with Crippen LogP contribution in [0.5, 0.6) is 0 Å². The summed E-state index contributed by atoms with van der Waals surface area (Å²) >= 11 is 0. The van der Waals surface area contributed by atoms with E-state index in [1.807, 2.05) is 0 Å². The lowest BCUT2D eigenvalue weighted by Crippen LogP contribution is -2.30. The highest BCUT2D eigenvalue weighted by molar-refractivity contribution is 5.71. The Hall–Kier alpha value is -4.45. The van der Waals surface area contributed by atoms with E-state index in [4.69, 9.17) is 14.2 Å². The first-order chi connectivity index (χ1) is 41.0. The van der Waals surface area contributed by atoms with Gasteiger partial charge in [-0.1, -0.05) is 296 Å². The van der Waals surface area contributed by atoms with Crippen LogP contribution in [0.4, 0.5) is 0 Å². The summed E-state index contributed by atoms with van der Waals surface area (Å²) in [5.41, 5.74) is 0. The molecule has 472 valence electrons. The van der Waals surface area contributed by atoms with Gasteiger partial charge in [0.25, 0.3) is 0 Å². The summed E-state index contributed by atoms with van der Waals surface area (Å²) in [5.74, 6) is -0.969. The summed E-state index contributed by atoms with van der Waals surface area (Å²) in [6.45, 7) is 6.48. The number of unbranched alkanes of at least 4 members (excludes halogenated alkanes) is 29. The van der Waals surface area contributed by atoms with Gasteiger partial charge in [0, 0.05) is 19.3 Å². The Labute approximate surface area is 513 Å². The number of rotatable bonds is 62. The molecule has 0 aliphatic heterocycles. The fourth-order valence-electron chi connectivity index (χ4n) is 9.43. The minimum Gasteiger partial charge on any atom is -0.462 e. The van der Waals surface area contributed by atoms with E-state index in [0.29, 0.717) is 19.3 Å². The number of carbonyl (C=O) groups is 3. The molecule has 0 aliphatic carbocycles. The van der Waals surface area contributed by atoms with E-state index in [1.165, 1.54) is 167 Å². The van der Waals surface area contributed by atoms with Crippen molar-refractivity contribution in [2.24, 2.45) is 0 Å². The predicted molar refractivity (Wildman–Crippen MR) is 362 cm³/mol. The Kier molecular flexibility index (Phi) is 66.3. The van der Waals surface area contributed by atoms with E-state index in [1.54, 1.807) is 0 Å². The van der Waals surface area contributed by atoms with E-state index < -0.39 is 6.10 Å². The van der Waals surface area contributed by atoms with Gasteiger partial charge in [-0.2, -0.15) is 0 Å². The second-order valence-electron chi connectivity index (χ2n) is 22.7. The van der Waals surface area contributed by atoms with Gasteiger partial charge in [-0.3, -0.25) is 14.4 Å². The molecule has 0 aromatic heterocycles. The molecule has 0 rings (SSSR count). The Morgan fingerprint density at radius 1 is 0.253 bits per heavy atom. The van der Waals surface area contributed by atoms with Crippen LogP contribution in [0, 0.1) is 0 Å². The van der Waals surface area contributed by atoms with Crippen molar-refractivity contribution in [1.29, 1.82) is 0 Å². The second kappa shape index (κ2) is 70.0. The molecule has 0 aromatic carbocycles. The highest BCUT2D eigenvalue weighted by Gasteiger charge is 2.19. The van der Waals surface area contributed by atoms with Crippen LogP contribution in [0.15, 0.2) is 134 Å². The van der Waals surface area contributed by atoms with Crippen molar-refractivity contribution >= 4 is 17.9 Å². The van der Waals surface area contributed by atoms with Gasteiger partial charge in [0.05, 0.1) is 0 Å². The lowest BCUT2D eigenvalue weighted by molar-refractivity contribution is -0.167. The number of esters is 3. The second-order valence-corrected chi connectivity index (χ2v) is 22.7. The topological polar surface area (TPSA) is 78.9 Å². The zero-order chi connectivity index (χ0) is 59.9. The molecule has 0 aliphatic rings. The lowest BCUT2D eigenvalue weighted by atomic mass is 10.1. The average molecular weight is 1150 g/mol. The third-order valence-electron chi connectivity index (χ3n) is 14.6. The van der Waals surface area contributed by atoms with E-state index in [-0.39, 0.29) is 37.5 Å². The van der Waals surface area contributed by atoms with Gasteiger partial charge in [0.15, 0.2) is 6.10 Å². The molecule has 83 heavy (non-hydrogen) atoms. The summed E-state index contributed by atoms with van der Waals surface area (Å²) in [6, 6.07) is 0. The quantitative estimate of drug-likeness (QED) is 0.0261. The molecule has 0 N–H and O–H groups in total. The van der Waals surface area contributed by atoms with E-state index in [2.05, 4.69) is 154 Å². The minimum absolute atomic E-state index is 0.107. The SMILES string of the molecule is CC/C=C\C/C=C\C/C=C\C/C=C\C/C=C\C/C=C\C/C=C\CCCC(=O)OC(COC(=O)CCCCCCCCC/C=C\CCCCCCCC)COC(=O)CCCCCCCCCCCC/C=C\C/C=C\C/C=C\CCCCCCC. The summed E-state index contributed by atoms with van der Waals surface area (Å²) in [4.78, 5) is 38.4. The van der Waals surface area contributed by atoms with Crippen LogP contribution in [0.2, 0.25) is 0 Å². The fourth-order valence-corrected chi connectivity index (χ4v) is 9.43. The van der Waals surface area contributed by atoms with Crippen molar-refractivity contribution in [1.82, 2.24) is 0 Å². The summed E-state index contributed by atoms with van der Waals surface area (Å²) in [5, 5.41) is 0. The molecule has 1 unspecified atom stereocenters. The molecular formula is C77H128O6. The first-order valence-corrected chi connectivity index (χ1v) is 34.7. The van der Waals surface area contributed by atoms with Crippen molar-refractivity contribution in [3.63, 3.8) is 0 Å².